The molecule has 0 bridgehead atoms. The van der Waals surface area contributed by atoms with Gasteiger partial charge in [-0.2, -0.15) is 0 Å². The molecule has 1 aliphatic heterocycles. The molecule has 3 aromatic rings. The number of imidazole rings is 1. The number of hydrogen-bond donors (Lipinski definition) is 2. The fourth-order valence-corrected chi connectivity index (χ4v) is 3.76. The molecule has 1 aliphatic rings. The Morgan fingerprint density at radius 2 is 2.15 bits per heavy atom. The fourth-order valence-electron chi connectivity index (χ4n) is 3.59. The summed E-state index contributed by atoms with van der Waals surface area (Å²) in [5, 5.41) is 7.25. The first-order valence-electron chi connectivity index (χ1n) is 8.79. The van der Waals surface area contributed by atoms with Gasteiger partial charge in [-0.25, -0.2) is 4.98 Å². The van der Waals surface area contributed by atoms with Gasteiger partial charge in [0.25, 0.3) is 0 Å². The maximum Gasteiger partial charge on any atom is 0.220 e. The molecule has 134 valence electrons. The van der Waals surface area contributed by atoms with E-state index in [9.17, 15) is 4.79 Å². The highest BCUT2D eigenvalue weighted by Crippen LogP contribution is 2.28. The minimum atomic E-state index is 0.0274. The molecule has 1 fully saturated rings. The van der Waals surface area contributed by atoms with Crippen molar-refractivity contribution in [1.82, 2.24) is 14.9 Å². The third-order valence-corrected chi connectivity index (χ3v) is 5.17. The van der Waals surface area contributed by atoms with Gasteiger partial charge < -0.3 is 15.2 Å². The third kappa shape index (κ3) is 3.15. The van der Waals surface area contributed by atoms with E-state index in [1.54, 1.807) is 0 Å². The molecule has 0 aliphatic carbocycles. The van der Waals surface area contributed by atoms with Crippen LogP contribution in [-0.4, -0.2) is 15.5 Å². The monoisotopic (exact) mass is 368 g/mol. The number of fused-ring (bicyclic) bond motifs is 1. The Balaban J connectivity index is 1.57. The average Bonchev–Trinajstić information content (AvgIpc) is 3.19. The van der Waals surface area contributed by atoms with Crippen LogP contribution in [0.25, 0.3) is 11.0 Å². The van der Waals surface area contributed by atoms with Gasteiger partial charge in [0.15, 0.2) is 0 Å². The molecular formula is C20H21ClN4O. The number of rotatable bonds is 4. The fraction of sp³-hybridized carbons (Fsp3) is 0.300. The van der Waals surface area contributed by atoms with Crippen LogP contribution >= 0.6 is 11.6 Å². The van der Waals surface area contributed by atoms with E-state index < -0.39 is 0 Å². The SMILES string of the molecule is CC(Nc1cccc(C2CCC(=O)N2)c1)c1nc2ccc(Cl)cc2n1C. The highest BCUT2D eigenvalue weighted by molar-refractivity contribution is 6.31. The number of aromatic nitrogens is 2. The molecule has 1 aromatic heterocycles. The lowest BCUT2D eigenvalue weighted by molar-refractivity contribution is -0.119. The van der Waals surface area contributed by atoms with Crippen molar-refractivity contribution in [2.24, 2.45) is 7.05 Å². The van der Waals surface area contributed by atoms with Crippen LogP contribution in [0, 0.1) is 0 Å². The van der Waals surface area contributed by atoms with Gasteiger partial charge in [0.2, 0.25) is 5.91 Å². The second-order valence-corrected chi connectivity index (χ2v) is 7.25. The van der Waals surface area contributed by atoms with Gasteiger partial charge in [-0.15, -0.1) is 0 Å². The van der Waals surface area contributed by atoms with E-state index in [4.69, 9.17) is 16.6 Å². The Kier molecular flexibility index (Phi) is 4.32. The lowest BCUT2D eigenvalue weighted by atomic mass is 10.0. The number of benzene rings is 2. The zero-order valence-electron chi connectivity index (χ0n) is 14.8. The van der Waals surface area contributed by atoms with E-state index in [0.717, 1.165) is 34.5 Å². The Morgan fingerprint density at radius 1 is 1.31 bits per heavy atom. The molecule has 26 heavy (non-hydrogen) atoms. The molecular weight excluding hydrogens is 348 g/mol. The Morgan fingerprint density at radius 3 is 2.92 bits per heavy atom. The molecule has 0 saturated carbocycles. The Labute approximate surface area is 157 Å². The molecule has 5 nitrogen and oxygen atoms in total. The molecule has 2 aromatic carbocycles. The predicted molar refractivity (Wildman–Crippen MR) is 104 cm³/mol. The van der Waals surface area contributed by atoms with E-state index in [1.165, 1.54) is 0 Å². The number of carbonyl (C=O) groups is 1. The van der Waals surface area contributed by atoms with E-state index in [-0.39, 0.29) is 18.0 Å². The first kappa shape index (κ1) is 16.9. The predicted octanol–water partition coefficient (Wildman–Crippen LogP) is 4.35. The second kappa shape index (κ2) is 6.65. The summed E-state index contributed by atoms with van der Waals surface area (Å²) in [6.45, 7) is 2.09. The van der Waals surface area contributed by atoms with Crippen molar-refractivity contribution in [3.05, 3.63) is 58.9 Å². The smallest absolute Gasteiger partial charge is 0.220 e. The van der Waals surface area contributed by atoms with Crippen LogP contribution in [0.4, 0.5) is 5.69 Å². The van der Waals surface area contributed by atoms with Gasteiger partial charge in [-0.3, -0.25) is 4.79 Å². The maximum absolute atomic E-state index is 11.5. The Bertz CT molecular complexity index is 981. The number of nitrogens with one attached hydrogen (secondary N) is 2. The van der Waals surface area contributed by atoms with Crippen LogP contribution in [0.1, 0.15) is 43.2 Å². The van der Waals surface area contributed by atoms with E-state index in [1.807, 2.05) is 37.4 Å². The number of carbonyl (C=O) groups excluding carboxylic acids is 1. The molecule has 1 amide bonds. The standard InChI is InChI=1S/C20H21ClN4O/c1-12(20-24-17-7-6-14(21)11-18(17)25(20)2)22-15-5-3-4-13(10-15)16-8-9-19(26)23-16/h3-7,10-12,16,22H,8-9H2,1-2H3,(H,23,26). The summed E-state index contributed by atoms with van der Waals surface area (Å²) >= 11 is 6.11. The third-order valence-electron chi connectivity index (χ3n) is 4.93. The summed E-state index contributed by atoms with van der Waals surface area (Å²) in [6, 6.07) is 14.1. The highest BCUT2D eigenvalue weighted by Gasteiger charge is 2.22. The van der Waals surface area contributed by atoms with Crippen molar-refractivity contribution in [3.8, 4) is 0 Å². The van der Waals surface area contributed by atoms with Crippen molar-refractivity contribution in [3.63, 3.8) is 0 Å². The van der Waals surface area contributed by atoms with Gasteiger partial charge in [0.1, 0.15) is 5.82 Å². The number of halogens is 1. The van der Waals surface area contributed by atoms with Crippen molar-refractivity contribution < 1.29 is 4.79 Å². The lowest BCUT2D eigenvalue weighted by Crippen LogP contribution is -2.18. The van der Waals surface area contributed by atoms with Crippen LogP contribution in [0.15, 0.2) is 42.5 Å². The van der Waals surface area contributed by atoms with Crippen molar-refractivity contribution >= 4 is 34.2 Å². The van der Waals surface area contributed by atoms with E-state index >= 15 is 0 Å². The van der Waals surface area contributed by atoms with Crippen LogP contribution in [-0.2, 0) is 11.8 Å². The maximum atomic E-state index is 11.5. The quantitative estimate of drug-likeness (QED) is 0.719. The molecule has 2 heterocycles. The molecule has 1 saturated heterocycles. The van der Waals surface area contributed by atoms with Crippen LogP contribution < -0.4 is 10.6 Å². The number of amides is 1. The minimum Gasteiger partial charge on any atom is -0.375 e. The highest BCUT2D eigenvalue weighted by atomic mass is 35.5. The molecule has 2 unspecified atom stereocenters. The molecule has 0 spiro atoms. The van der Waals surface area contributed by atoms with E-state index in [2.05, 4.69) is 34.3 Å². The summed E-state index contributed by atoms with van der Waals surface area (Å²) in [7, 11) is 2.00. The van der Waals surface area contributed by atoms with Crippen LogP contribution in [0.3, 0.4) is 0 Å². The summed E-state index contributed by atoms with van der Waals surface area (Å²) in [5.41, 5.74) is 4.10. The zero-order chi connectivity index (χ0) is 18.3. The molecule has 6 heteroatoms. The molecule has 2 N–H and O–H groups in total. The summed E-state index contributed by atoms with van der Waals surface area (Å²) in [5.74, 6) is 1.07. The van der Waals surface area contributed by atoms with Gasteiger partial charge in [-0.05, 0) is 49.2 Å². The molecule has 4 rings (SSSR count). The van der Waals surface area contributed by atoms with Gasteiger partial charge in [0, 0.05) is 24.2 Å². The van der Waals surface area contributed by atoms with Crippen LogP contribution in [0.2, 0.25) is 5.02 Å². The Hall–Kier alpha value is -2.53. The van der Waals surface area contributed by atoms with Gasteiger partial charge in [-0.1, -0.05) is 23.7 Å². The summed E-state index contributed by atoms with van der Waals surface area (Å²) in [4.78, 5) is 16.2. The van der Waals surface area contributed by atoms with Crippen molar-refractivity contribution in [2.75, 3.05) is 5.32 Å². The number of hydrogen-bond acceptors (Lipinski definition) is 3. The lowest BCUT2D eigenvalue weighted by Gasteiger charge is -2.17. The van der Waals surface area contributed by atoms with Crippen LogP contribution in [0.5, 0.6) is 0 Å². The molecule has 2 atom stereocenters. The first-order valence-corrected chi connectivity index (χ1v) is 9.17. The second-order valence-electron chi connectivity index (χ2n) is 6.81. The van der Waals surface area contributed by atoms with Gasteiger partial charge >= 0.3 is 0 Å². The normalized spacial score (nSPS) is 18.1. The first-order chi connectivity index (χ1) is 12.5. The largest absolute Gasteiger partial charge is 0.375 e. The summed E-state index contributed by atoms with van der Waals surface area (Å²) in [6.07, 6.45) is 1.45. The average molecular weight is 369 g/mol. The van der Waals surface area contributed by atoms with E-state index in [0.29, 0.717) is 11.4 Å². The minimum absolute atomic E-state index is 0.0274. The summed E-state index contributed by atoms with van der Waals surface area (Å²) < 4.78 is 2.07. The van der Waals surface area contributed by atoms with Crippen molar-refractivity contribution in [1.29, 1.82) is 0 Å². The van der Waals surface area contributed by atoms with Gasteiger partial charge in [0.05, 0.1) is 23.1 Å². The zero-order valence-corrected chi connectivity index (χ0v) is 15.5. The number of aryl methyl sites for hydroxylation is 1. The van der Waals surface area contributed by atoms with Crippen molar-refractivity contribution in [2.45, 2.75) is 31.8 Å². The topological polar surface area (TPSA) is 59.0 Å². The molecule has 0 radical (unpaired) electrons. The number of nitrogens with zero attached hydrogens (tertiary/aromatic N) is 2. The number of anilines is 1.